The van der Waals surface area contributed by atoms with Crippen molar-refractivity contribution >= 4 is 56.8 Å². The molecule has 1 aromatic heterocycles. The van der Waals surface area contributed by atoms with Gasteiger partial charge in [-0.3, -0.25) is 4.57 Å². The molecular formula is C16H13Cl2IN2. The van der Waals surface area contributed by atoms with Gasteiger partial charge >= 0.3 is 0 Å². The number of rotatable bonds is 2. The normalized spacial score (nSPS) is 12.8. The van der Waals surface area contributed by atoms with Crippen LogP contribution in [-0.2, 0) is 0 Å². The van der Waals surface area contributed by atoms with Gasteiger partial charge in [-0.15, -0.1) is 11.6 Å². The summed E-state index contributed by atoms with van der Waals surface area (Å²) in [5.74, 6) is 0.845. The van der Waals surface area contributed by atoms with Gasteiger partial charge in [0.1, 0.15) is 5.82 Å². The van der Waals surface area contributed by atoms with Crippen LogP contribution in [0, 0.1) is 10.5 Å². The second-order valence-corrected chi connectivity index (χ2v) is 7.26. The summed E-state index contributed by atoms with van der Waals surface area (Å²) in [5, 5.41) is 0.549. The topological polar surface area (TPSA) is 17.8 Å². The quantitative estimate of drug-likeness (QED) is 0.366. The average Bonchev–Trinajstić information content (AvgIpc) is 2.77. The molecular weight excluding hydrogens is 418 g/mol. The van der Waals surface area contributed by atoms with Crippen LogP contribution >= 0.6 is 45.8 Å². The monoisotopic (exact) mass is 430 g/mol. The van der Waals surface area contributed by atoms with E-state index in [-0.39, 0.29) is 5.38 Å². The standard InChI is InChI=1S/C16H13Cl2IN2/c1-9-3-5-13-15(7-9)21(16(20-13)10(2)17)14-6-4-11(18)8-12(14)19/h3-8,10H,1-2H3. The number of fused-ring (bicyclic) bond motifs is 1. The Kier molecular flexibility index (Phi) is 4.17. The zero-order valence-electron chi connectivity index (χ0n) is 11.6. The van der Waals surface area contributed by atoms with Crippen LogP contribution in [0.3, 0.4) is 0 Å². The molecule has 0 saturated carbocycles. The Bertz CT molecular complexity index is 825. The van der Waals surface area contributed by atoms with E-state index in [9.17, 15) is 0 Å². The number of hydrogen-bond donors (Lipinski definition) is 0. The number of hydrogen-bond acceptors (Lipinski definition) is 1. The lowest BCUT2D eigenvalue weighted by atomic mass is 10.2. The van der Waals surface area contributed by atoms with Crippen LogP contribution in [0.2, 0.25) is 5.02 Å². The van der Waals surface area contributed by atoms with E-state index < -0.39 is 0 Å². The maximum Gasteiger partial charge on any atom is 0.132 e. The zero-order valence-corrected chi connectivity index (χ0v) is 15.2. The van der Waals surface area contributed by atoms with Crippen molar-refractivity contribution in [2.45, 2.75) is 19.2 Å². The molecule has 0 aliphatic rings. The van der Waals surface area contributed by atoms with Gasteiger partial charge in [0.25, 0.3) is 0 Å². The molecule has 0 bridgehead atoms. The maximum absolute atomic E-state index is 6.34. The molecule has 0 radical (unpaired) electrons. The molecule has 108 valence electrons. The van der Waals surface area contributed by atoms with Crippen LogP contribution in [-0.4, -0.2) is 9.55 Å². The van der Waals surface area contributed by atoms with Crippen LogP contribution in [0.1, 0.15) is 23.7 Å². The largest absolute Gasteiger partial charge is 0.294 e. The van der Waals surface area contributed by atoms with Crippen molar-refractivity contribution in [1.82, 2.24) is 9.55 Å². The Morgan fingerprint density at radius 1 is 1.19 bits per heavy atom. The molecule has 0 N–H and O–H groups in total. The molecule has 2 nitrogen and oxygen atoms in total. The molecule has 5 heteroatoms. The van der Waals surface area contributed by atoms with E-state index in [0.717, 1.165) is 31.1 Å². The number of halogens is 3. The minimum atomic E-state index is -0.177. The molecule has 0 fully saturated rings. The fourth-order valence-electron chi connectivity index (χ4n) is 2.39. The van der Waals surface area contributed by atoms with Gasteiger partial charge in [-0.05, 0) is 72.3 Å². The van der Waals surface area contributed by atoms with Crippen molar-refractivity contribution in [3.05, 3.63) is 56.4 Å². The fraction of sp³-hybridized carbons (Fsp3) is 0.188. The Morgan fingerprint density at radius 3 is 2.62 bits per heavy atom. The summed E-state index contributed by atoms with van der Waals surface area (Å²) < 4.78 is 3.19. The van der Waals surface area contributed by atoms with Crippen LogP contribution < -0.4 is 0 Å². The molecule has 0 aliphatic heterocycles. The van der Waals surface area contributed by atoms with E-state index in [4.69, 9.17) is 23.2 Å². The summed E-state index contributed by atoms with van der Waals surface area (Å²) >= 11 is 14.7. The number of nitrogens with zero attached hydrogens (tertiary/aromatic N) is 2. The summed E-state index contributed by atoms with van der Waals surface area (Å²) in [6.45, 7) is 4.02. The first-order valence-corrected chi connectivity index (χ1v) is 8.45. The highest BCUT2D eigenvalue weighted by Gasteiger charge is 2.18. The van der Waals surface area contributed by atoms with Gasteiger partial charge in [-0.1, -0.05) is 17.7 Å². The Morgan fingerprint density at radius 2 is 1.95 bits per heavy atom. The predicted octanol–water partition coefficient (Wildman–Crippen LogP) is 5.89. The van der Waals surface area contributed by atoms with Crippen molar-refractivity contribution in [2.75, 3.05) is 0 Å². The second kappa shape index (κ2) is 5.78. The third-order valence-corrected chi connectivity index (χ3v) is 4.64. The molecule has 0 amide bonds. The zero-order chi connectivity index (χ0) is 15.1. The molecule has 1 atom stereocenters. The van der Waals surface area contributed by atoms with Crippen molar-refractivity contribution < 1.29 is 0 Å². The highest BCUT2D eigenvalue weighted by atomic mass is 127. The van der Waals surface area contributed by atoms with Crippen molar-refractivity contribution in [3.63, 3.8) is 0 Å². The van der Waals surface area contributed by atoms with Crippen LogP contribution in [0.4, 0.5) is 0 Å². The van der Waals surface area contributed by atoms with Crippen molar-refractivity contribution in [3.8, 4) is 5.69 Å². The summed E-state index contributed by atoms with van der Waals surface area (Å²) in [6.07, 6.45) is 0. The van der Waals surface area contributed by atoms with Crippen molar-refractivity contribution in [2.24, 2.45) is 0 Å². The van der Waals surface area contributed by atoms with E-state index in [1.807, 2.05) is 31.2 Å². The smallest absolute Gasteiger partial charge is 0.132 e. The number of aromatic nitrogens is 2. The minimum absolute atomic E-state index is 0.177. The molecule has 1 unspecified atom stereocenters. The van der Waals surface area contributed by atoms with Gasteiger partial charge in [0, 0.05) is 8.59 Å². The molecule has 0 spiro atoms. The third kappa shape index (κ3) is 2.79. The molecule has 3 rings (SSSR count). The first-order valence-electron chi connectivity index (χ1n) is 6.56. The number of imidazole rings is 1. The van der Waals surface area contributed by atoms with Gasteiger partial charge in [0.05, 0.1) is 22.1 Å². The van der Waals surface area contributed by atoms with Gasteiger partial charge in [0.15, 0.2) is 0 Å². The molecule has 1 heterocycles. The highest BCUT2D eigenvalue weighted by molar-refractivity contribution is 14.1. The molecule has 0 saturated heterocycles. The molecule has 21 heavy (non-hydrogen) atoms. The third-order valence-electron chi connectivity index (χ3n) is 3.34. The number of aryl methyl sites for hydroxylation is 1. The van der Waals surface area contributed by atoms with E-state index in [1.165, 1.54) is 5.56 Å². The van der Waals surface area contributed by atoms with Gasteiger partial charge in [0.2, 0.25) is 0 Å². The molecule has 2 aromatic carbocycles. The molecule has 3 aromatic rings. The Labute approximate surface area is 147 Å². The summed E-state index contributed by atoms with van der Waals surface area (Å²) in [6, 6.07) is 12.1. The first-order chi connectivity index (χ1) is 9.97. The lowest BCUT2D eigenvalue weighted by Gasteiger charge is -2.13. The summed E-state index contributed by atoms with van der Waals surface area (Å²) in [5.41, 5.74) is 4.27. The predicted molar refractivity (Wildman–Crippen MR) is 97.8 cm³/mol. The second-order valence-electron chi connectivity index (χ2n) is 5.01. The number of alkyl halides is 1. The Hall–Kier alpha value is -0.780. The van der Waals surface area contributed by atoms with E-state index in [2.05, 4.69) is 51.2 Å². The SMILES string of the molecule is Cc1ccc2nc(C(C)Cl)n(-c3ccc(Cl)cc3I)c2c1. The minimum Gasteiger partial charge on any atom is -0.294 e. The van der Waals surface area contributed by atoms with E-state index in [1.54, 1.807) is 0 Å². The average molecular weight is 431 g/mol. The Balaban J connectivity index is 2.38. The summed E-state index contributed by atoms with van der Waals surface area (Å²) in [7, 11) is 0. The lowest BCUT2D eigenvalue weighted by molar-refractivity contribution is 0.880. The van der Waals surface area contributed by atoms with Gasteiger partial charge < -0.3 is 0 Å². The first kappa shape index (κ1) is 15.1. The van der Waals surface area contributed by atoms with Crippen molar-refractivity contribution in [1.29, 1.82) is 0 Å². The fourth-order valence-corrected chi connectivity index (χ4v) is 3.65. The lowest BCUT2D eigenvalue weighted by Crippen LogP contribution is -2.03. The van der Waals surface area contributed by atoms with E-state index >= 15 is 0 Å². The molecule has 0 aliphatic carbocycles. The van der Waals surface area contributed by atoms with Gasteiger partial charge in [-0.2, -0.15) is 0 Å². The highest BCUT2D eigenvalue weighted by Crippen LogP contribution is 2.31. The summed E-state index contributed by atoms with van der Waals surface area (Å²) in [4.78, 5) is 4.69. The number of benzene rings is 2. The van der Waals surface area contributed by atoms with Gasteiger partial charge in [-0.25, -0.2) is 4.98 Å². The van der Waals surface area contributed by atoms with Crippen LogP contribution in [0.25, 0.3) is 16.7 Å². The maximum atomic E-state index is 6.34. The van der Waals surface area contributed by atoms with E-state index in [0.29, 0.717) is 0 Å². The van der Waals surface area contributed by atoms with Crippen LogP contribution in [0.5, 0.6) is 0 Å². The van der Waals surface area contributed by atoms with Crippen LogP contribution in [0.15, 0.2) is 36.4 Å².